The van der Waals surface area contributed by atoms with Crippen molar-refractivity contribution in [2.75, 3.05) is 26.3 Å². The Labute approximate surface area is 98.1 Å². The zero-order valence-corrected chi connectivity index (χ0v) is 10.7. The van der Waals surface area contributed by atoms with E-state index in [4.69, 9.17) is 10.5 Å². The molecule has 0 saturated carbocycles. The number of carbonyl (C=O) groups is 1. The van der Waals surface area contributed by atoms with Crippen LogP contribution in [0.5, 0.6) is 0 Å². The third kappa shape index (κ3) is 4.10. The molecule has 1 unspecified atom stereocenters. The van der Waals surface area contributed by atoms with Crippen molar-refractivity contribution in [2.24, 2.45) is 11.1 Å². The minimum atomic E-state index is 0.114. The lowest BCUT2D eigenvalue weighted by Crippen LogP contribution is -2.52. The van der Waals surface area contributed by atoms with E-state index in [0.29, 0.717) is 13.2 Å². The maximum absolute atomic E-state index is 11.8. The molecule has 1 heterocycles. The molecular formula is C12H24N2O2. The highest BCUT2D eigenvalue weighted by Gasteiger charge is 2.31. The second kappa shape index (κ2) is 5.64. The number of nitrogens with two attached hydrogens (primary N) is 1. The summed E-state index contributed by atoms with van der Waals surface area (Å²) in [6.45, 7) is 8.80. The van der Waals surface area contributed by atoms with E-state index in [0.717, 1.165) is 19.4 Å². The number of hydrogen-bond donors (Lipinski definition) is 1. The van der Waals surface area contributed by atoms with Crippen molar-refractivity contribution in [1.82, 2.24) is 4.90 Å². The van der Waals surface area contributed by atoms with E-state index in [1.165, 1.54) is 0 Å². The lowest BCUT2D eigenvalue weighted by molar-refractivity contribution is -0.150. The Morgan fingerprint density at radius 3 is 2.75 bits per heavy atom. The molecule has 0 aromatic carbocycles. The molecule has 1 saturated heterocycles. The Balaban J connectivity index is 2.60. The van der Waals surface area contributed by atoms with Gasteiger partial charge in [-0.1, -0.05) is 20.8 Å². The molecule has 16 heavy (non-hydrogen) atoms. The van der Waals surface area contributed by atoms with Crippen LogP contribution in [0.25, 0.3) is 0 Å². The summed E-state index contributed by atoms with van der Waals surface area (Å²) in [7, 11) is 0. The van der Waals surface area contributed by atoms with Gasteiger partial charge in [0.25, 0.3) is 0 Å². The molecule has 0 aromatic rings. The molecule has 1 amide bonds. The van der Waals surface area contributed by atoms with Crippen LogP contribution < -0.4 is 5.73 Å². The van der Waals surface area contributed by atoms with Gasteiger partial charge >= 0.3 is 0 Å². The Morgan fingerprint density at radius 1 is 1.50 bits per heavy atom. The maximum atomic E-state index is 11.8. The third-order valence-electron chi connectivity index (χ3n) is 2.68. The van der Waals surface area contributed by atoms with Crippen molar-refractivity contribution in [3.05, 3.63) is 0 Å². The normalized spacial score (nSPS) is 22.6. The second-order valence-electron chi connectivity index (χ2n) is 5.68. The highest BCUT2D eigenvalue weighted by molar-refractivity contribution is 5.78. The van der Waals surface area contributed by atoms with Crippen LogP contribution in [0.4, 0.5) is 0 Å². The fourth-order valence-electron chi connectivity index (χ4n) is 1.98. The van der Waals surface area contributed by atoms with E-state index in [2.05, 4.69) is 20.8 Å². The predicted molar refractivity (Wildman–Crippen MR) is 64.1 cm³/mol. The number of hydrogen-bond acceptors (Lipinski definition) is 3. The van der Waals surface area contributed by atoms with Crippen LogP contribution >= 0.6 is 0 Å². The lowest BCUT2D eigenvalue weighted by Gasteiger charge is -2.39. The summed E-state index contributed by atoms with van der Waals surface area (Å²) in [5.41, 5.74) is 5.64. The van der Waals surface area contributed by atoms with Crippen LogP contribution in [-0.2, 0) is 9.53 Å². The first-order chi connectivity index (χ1) is 7.44. The first-order valence-corrected chi connectivity index (χ1v) is 6.01. The topological polar surface area (TPSA) is 55.6 Å². The van der Waals surface area contributed by atoms with E-state index in [9.17, 15) is 4.79 Å². The molecule has 1 rings (SSSR count). The van der Waals surface area contributed by atoms with E-state index < -0.39 is 0 Å². The van der Waals surface area contributed by atoms with Gasteiger partial charge in [-0.15, -0.1) is 0 Å². The average molecular weight is 228 g/mol. The van der Waals surface area contributed by atoms with Gasteiger partial charge < -0.3 is 15.4 Å². The molecule has 4 heteroatoms. The quantitative estimate of drug-likeness (QED) is 0.781. The Bertz CT molecular complexity index is 236. The third-order valence-corrected chi connectivity index (χ3v) is 2.68. The van der Waals surface area contributed by atoms with Crippen molar-refractivity contribution in [1.29, 1.82) is 0 Å². The molecule has 1 fully saturated rings. The van der Waals surface area contributed by atoms with Crippen molar-refractivity contribution in [2.45, 2.75) is 39.7 Å². The van der Waals surface area contributed by atoms with Crippen molar-refractivity contribution in [3.8, 4) is 0 Å². The number of morpholine rings is 1. The van der Waals surface area contributed by atoms with Gasteiger partial charge in [0, 0.05) is 6.54 Å². The molecule has 1 atom stereocenters. The molecule has 1 aliphatic heterocycles. The molecule has 1 aliphatic rings. The van der Waals surface area contributed by atoms with Gasteiger partial charge in [0.2, 0.25) is 5.91 Å². The maximum Gasteiger partial charge on any atom is 0.248 e. The summed E-state index contributed by atoms with van der Waals surface area (Å²) >= 11 is 0. The van der Waals surface area contributed by atoms with Crippen molar-refractivity contribution in [3.63, 3.8) is 0 Å². The number of rotatable bonds is 4. The number of ether oxygens (including phenoxy) is 1. The Morgan fingerprint density at radius 2 is 2.19 bits per heavy atom. The van der Waals surface area contributed by atoms with E-state index in [1.807, 2.05) is 4.90 Å². The van der Waals surface area contributed by atoms with Gasteiger partial charge in [0.05, 0.1) is 12.6 Å². The molecule has 4 nitrogen and oxygen atoms in total. The molecule has 0 spiro atoms. The van der Waals surface area contributed by atoms with E-state index in [-0.39, 0.29) is 24.0 Å². The van der Waals surface area contributed by atoms with E-state index >= 15 is 0 Å². The SMILES string of the molecule is CC(C)(C)CN1C(=O)COCC1CCCN. The van der Waals surface area contributed by atoms with Crippen LogP contribution in [0.3, 0.4) is 0 Å². The van der Waals surface area contributed by atoms with Crippen molar-refractivity contribution < 1.29 is 9.53 Å². The largest absolute Gasteiger partial charge is 0.369 e. The Kier molecular flexibility index (Phi) is 4.74. The molecular weight excluding hydrogens is 204 g/mol. The smallest absolute Gasteiger partial charge is 0.248 e. The minimum absolute atomic E-state index is 0.114. The summed E-state index contributed by atoms with van der Waals surface area (Å²) in [6.07, 6.45) is 1.89. The zero-order chi connectivity index (χ0) is 12.2. The monoisotopic (exact) mass is 228 g/mol. The number of carbonyl (C=O) groups excluding carboxylic acids is 1. The first kappa shape index (κ1) is 13.5. The predicted octanol–water partition coefficient (Wildman–Crippen LogP) is 0.999. The standard InChI is InChI=1S/C12H24N2O2/c1-12(2,3)9-14-10(5-4-6-13)7-16-8-11(14)15/h10H,4-9,13H2,1-3H3. The highest BCUT2D eigenvalue weighted by atomic mass is 16.5. The fourth-order valence-corrected chi connectivity index (χ4v) is 1.98. The number of nitrogens with zero attached hydrogens (tertiary/aromatic N) is 1. The first-order valence-electron chi connectivity index (χ1n) is 6.01. The van der Waals surface area contributed by atoms with Gasteiger partial charge in [-0.25, -0.2) is 0 Å². The summed E-state index contributed by atoms with van der Waals surface area (Å²) in [5, 5.41) is 0. The van der Waals surface area contributed by atoms with Gasteiger partial charge in [-0.3, -0.25) is 4.79 Å². The van der Waals surface area contributed by atoms with Crippen molar-refractivity contribution >= 4 is 5.91 Å². The molecule has 0 bridgehead atoms. The molecule has 2 N–H and O–H groups in total. The van der Waals surface area contributed by atoms with Gasteiger partial charge in [-0.2, -0.15) is 0 Å². The number of amides is 1. The van der Waals surface area contributed by atoms with Crippen LogP contribution in [-0.4, -0.2) is 43.2 Å². The molecule has 94 valence electrons. The summed E-state index contributed by atoms with van der Waals surface area (Å²) in [4.78, 5) is 13.8. The summed E-state index contributed by atoms with van der Waals surface area (Å²) in [5.74, 6) is 0.114. The fraction of sp³-hybridized carbons (Fsp3) is 0.917. The minimum Gasteiger partial charge on any atom is -0.369 e. The van der Waals surface area contributed by atoms with Gasteiger partial charge in [-0.05, 0) is 24.8 Å². The highest BCUT2D eigenvalue weighted by Crippen LogP contribution is 2.21. The van der Waals surface area contributed by atoms with Gasteiger partial charge in [0.15, 0.2) is 0 Å². The second-order valence-corrected chi connectivity index (χ2v) is 5.68. The zero-order valence-electron chi connectivity index (χ0n) is 10.7. The van der Waals surface area contributed by atoms with Gasteiger partial charge in [0.1, 0.15) is 6.61 Å². The molecule has 0 radical (unpaired) electrons. The van der Waals surface area contributed by atoms with E-state index in [1.54, 1.807) is 0 Å². The van der Waals surface area contributed by atoms with Crippen LogP contribution in [0.15, 0.2) is 0 Å². The van der Waals surface area contributed by atoms with Crippen LogP contribution in [0.1, 0.15) is 33.6 Å². The van der Waals surface area contributed by atoms with Crippen LogP contribution in [0.2, 0.25) is 0 Å². The lowest BCUT2D eigenvalue weighted by atomic mass is 9.94. The summed E-state index contributed by atoms with van der Waals surface area (Å²) < 4.78 is 5.30. The molecule has 0 aromatic heterocycles. The Hall–Kier alpha value is -0.610. The van der Waals surface area contributed by atoms with Crippen LogP contribution in [0, 0.1) is 5.41 Å². The summed E-state index contributed by atoms with van der Waals surface area (Å²) in [6, 6.07) is 0.212. The average Bonchev–Trinajstić information content (AvgIpc) is 2.17. The molecule has 0 aliphatic carbocycles.